The number of likely N-dealkylation sites (N-methyl/N-ethyl adjacent to an activating group) is 1. The molecule has 1 aliphatic rings. The van der Waals surface area contributed by atoms with Gasteiger partial charge in [-0.3, -0.25) is 4.79 Å². The van der Waals surface area contributed by atoms with E-state index in [0.717, 1.165) is 32.9 Å². The second-order valence-electron chi connectivity index (χ2n) is 7.18. The predicted octanol–water partition coefficient (Wildman–Crippen LogP) is 4.06. The van der Waals surface area contributed by atoms with E-state index in [2.05, 4.69) is 9.97 Å². The molecule has 6 nitrogen and oxygen atoms in total. The summed E-state index contributed by atoms with van der Waals surface area (Å²) < 4.78 is 0. The average molecular weight is 425 g/mol. The van der Waals surface area contributed by atoms with Gasteiger partial charge in [0, 0.05) is 54.3 Å². The van der Waals surface area contributed by atoms with Crippen LogP contribution in [-0.2, 0) is 10.4 Å². The highest BCUT2D eigenvalue weighted by Crippen LogP contribution is 2.38. The van der Waals surface area contributed by atoms with E-state index in [-0.39, 0.29) is 5.91 Å². The van der Waals surface area contributed by atoms with Crippen LogP contribution >= 0.6 is 22.9 Å². The van der Waals surface area contributed by atoms with Gasteiger partial charge in [-0.25, -0.2) is 9.97 Å². The Balaban J connectivity index is 1.56. The van der Waals surface area contributed by atoms with Crippen molar-refractivity contribution in [2.45, 2.75) is 12.0 Å². The highest BCUT2D eigenvalue weighted by atomic mass is 35.5. The summed E-state index contributed by atoms with van der Waals surface area (Å²) in [6.45, 7) is 0.536. The van der Waals surface area contributed by atoms with Crippen molar-refractivity contribution < 1.29 is 9.90 Å². The fourth-order valence-corrected chi connectivity index (χ4v) is 4.85. The molecule has 0 saturated carbocycles. The monoisotopic (exact) mass is 424 g/mol. The smallest absolute Gasteiger partial charge is 0.258 e. The second-order valence-corrected chi connectivity index (χ2v) is 8.44. The number of aromatic nitrogens is 3. The summed E-state index contributed by atoms with van der Waals surface area (Å²) in [5.74, 6) is -0.270. The minimum atomic E-state index is -1.48. The summed E-state index contributed by atoms with van der Waals surface area (Å²) in [6, 6.07) is 9.34. The minimum absolute atomic E-state index is 0.270. The van der Waals surface area contributed by atoms with Gasteiger partial charge in [0.15, 0.2) is 5.60 Å². The van der Waals surface area contributed by atoms with Gasteiger partial charge < -0.3 is 15.0 Å². The Bertz CT molecular complexity index is 1250. The Kier molecular flexibility index (Phi) is 4.20. The van der Waals surface area contributed by atoms with Crippen LogP contribution in [0.15, 0.2) is 48.1 Å². The van der Waals surface area contributed by atoms with Crippen LogP contribution in [0.1, 0.15) is 12.0 Å². The lowest BCUT2D eigenvalue weighted by Gasteiger charge is -2.21. The fraction of sp³-hybridized carbons (Fsp3) is 0.190. The van der Waals surface area contributed by atoms with E-state index in [9.17, 15) is 9.90 Å². The number of carbonyl (C=O) groups excluding carboxylic acids is 1. The molecule has 1 atom stereocenters. The zero-order valence-electron chi connectivity index (χ0n) is 15.5. The van der Waals surface area contributed by atoms with Crippen molar-refractivity contribution in [1.82, 2.24) is 19.9 Å². The third kappa shape index (κ3) is 2.85. The third-order valence-corrected chi connectivity index (χ3v) is 6.58. The van der Waals surface area contributed by atoms with Crippen molar-refractivity contribution in [1.29, 1.82) is 0 Å². The number of nitrogens with one attached hydrogen (secondary N) is 1. The van der Waals surface area contributed by atoms with Crippen LogP contribution in [-0.4, -0.2) is 44.5 Å². The first-order valence-corrected chi connectivity index (χ1v) is 10.4. The number of likely N-dealkylation sites (tertiary alicyclic amines) is 1. The first kappa shape index (κ1) is 18.3. The maximum Gasteiger partial charge on any atom is 0.258 e. The predicted molar refractivity (Wildman–Crippen MR) is 114 cm³/mol. The van der Waals surface area contributed by atoms with Gasteiger partial charge in [-0.15, -0.1) is 11.3 Å². The average Bonchev–Trinajstić information content (AvgIpc) is 3.45. The van der Waals surface area contributed by atoms with Crippen molar-refractivity contribution in [2.75, 3.05) is 13.6 Å². The van der Waals surface area contributed by atoms with Gasteiger partial charge in [0.05, 0.1) is 10.7 Å². The molecule has 1 aromatic carbocycles. The maximum absolute atomic E-state index is 12.4. The van der Waals surface area contributed by atoms with Gasteiger partial charge in [0.1, 0.15) is 10.7 Å². The fourth-order valence-electron chi connectivity index (χ4n) is 3.80. The molecule has 29 heavy (non-hydrogen) atoms. The molecular weight excluding hydrogens is 408 g/mol. The van der Waals surface area contributed by atoms with E-state index in [0.29, 0.717) is 23.6 Å². The van der Waals surface area contributed by atoms with Crippen molar-refractivity contribution >= 4 is 39.9 Å². The molecule has 1 amide bonds. The van der Waals surface area contributed by atoms with Crippen LogP contribution in [0.3, 0.4) is 0 Å². The molecule has 5 rings (SSSR count). The largest absolute Gasteiger partial charge is 0.375 e. The number of benzene rings is 1. The van der Waals surface area contributed by atoms with E-state index in [1.807, 2.05) is 35.8 Å². The number of amides is 1. The Morgan fingerprint density at radius 2 is 2.21 bits per heavy atom. The summed E-state index contributed by atoms with van der Waals surface area (Å²) in [5, 5.41) is 15.2. The van der Waals surface area contributed by atoms with Crippen molar-refractivity contribution in [3.8, 4) is 21.8 Å². The van der Waals surface area contributed by atoms with E-state index < -0.39 is 5.60 Å². The molecule has 1 fully saturated rings. The van der Waals surface area contributed by atoms with Crippen molar-refractivity contribution in [3.63, 3.8) is 0 Å². The van der Waals surface area contributed by atoms with E-state index >= 15 is 0 Å². The van der Waals surface area contributed by atoms with Gasteiger partial charge in [-0.05, 0) is 17.7 Å². The number of hydrogen-bond acceptors (Lipinski definition) is 5. The molecule has 1 aliphatic heterocycles. The van der Waals surface area contributed by atoms with Gasteiger partial charge in [0.25, 0.3) is 5.91 Å². The molecule has 0 bridgehead atoms. The van der Waals surface area contributed by atoms with Crippen molar-refractivity contribution in [2.24, 2.45) is 0 Å². The van der Waals surface area contributed by atoms with Crippen LogP contribution in [0.4, 0.5) is 0 Å². The molecule has 0 radical (unpaired) electrons. The van der Waals surface area contributed by atoms with Gasteiger partial charge in [-0.2, -0.15) is 0 Å². The molecule has 0 aliphatic carbocycles. The molecule has 8 heteroatoms. The maximum atomic E-state index is 12.4. The molecule has 1 unspecified atom stereocenters. The highest BCUT2D eigenvalue weighted by Gasteiger charge is 2.45. The Labute approximate surface area is 175 Å². The highest BCUT2D eigenvalue weighted by molar-refractivity contribution is 7.13. The standard InChI is InChI=1S/C21H17ClN4O2S/c1-26-8-6-21(28,20(26)27)13-4-2-3-12(9-13)19-25-16(11-29-19)17-14-5-7-23-18(14)24-10-15(17)22/h2-5,7,9-11,28H,6,8H2,1H3,(H,23,24). The zero-order chi connectivity index (χ0) is 20.2. The van der Waals surface area contributed by atoms with Crippen LogP contribution in [0.2, 0.25) is 5.02 Å². The number of aliphatic hydroxyl groups is 1. The summed E-state index contributed by atoms with van der Waals surface area (Å²) in [5.41, 5.74) is 2.33. The molecule has 2 N–H and O–H groups in total. The molecule has 1 saturated heterocycles. The number of pyridine rings is 1. The first-order valence-electron chi connectivity index (χ1n) is 9.14. The number of aromatic amines is 1. The number of hydrogen-bond donors (Lipinski definition) is 2. The molecule has 4 heterocycles. The SMILES string of the molecule is CN1CCC(O)(c2cccc(-c3nc(-c4c(Cl)cnc5[nH]ccc45)cs3)c2)C1=O. The number of nitrogens with zero attached hydrogens (tertiary/aromatic N) is 3. The Morgan fingerprint density at radius 3 is 3.00 bits per heavy atom. The minimum Gasteiger partial charge on any atom is -0.375 e. The van der Waals surface area contributed by atoms with Gasteiger partial charge >= 0.3 is 0 Å². The number of halogens is 1. The lowest BCUT2D eigenvalue weighted by atomic mass is 9.91. The number of rotatable bonds is 3. The molecule has 0 spiro atoms. The summed E-state index contributed by atoms with van der Waals surface area (Å²) >= 11 is 7.91. The number of thiazole rings is 1. The molecule has 146 valence electrons. The van der Waals surface area contributed by atoms with Gasteiger partial charge in [-0.1, -0.05) is 29.8 Å². The van der Waals surface area contributed by atoms with Crippen LogP contribution in [0.25, 0.3) is 32.9 Å². The summed E-state index contributed by atoms with van der Waals surface area (Å²) in [4.78, 5) is 26.2. The number of H-pyrrole nitrogens is 1. The van der Waals surface area contributed by atoms with Crippen LogP contribution in [0.5, 0.6) is 0 Å². The second kappa shape index (κ2) is 6.66. The number of carbonyl (C=O) groups is 1. The lowest BCUT2D eigenvalue weighted by Crippen LogP contribution is -2.36. The third-order valence-electron chi connectivity index (χ3n) is 5.40. The Hall–Kier alpha value is -2.74. The first-order chi connectivity index (χ1) is 14.0. The zero-order valence-corrected chi connectivity index (χ0v) is 17.1. The van der Waals surface area contributed by atoms with Crippen LogP contribution in [0, 0.1) is 0 Å². The van der Waals surface area contributed by atoms with E-state index in [4.69, 9.17) is 16.6 Å². The summed E-state index contributed by atoms with van der Waals surface area (Å²) in [6.07, 6.45) is 3.82. The number of fused-ring (bicyclic) bond motifs is 1. The Morgan fingerprint density at radius 1 is 1.34 bits per heavy atom. The molecule has 4 aromatic rings. The van der Waals surface area contributed by atoms with Crippen molar-refractivity contribution in [3.05, 3.63) is 58.7 Å². The van der Waals surface area contributed by atoms with Crippen LogP contribution < -0.4 is 0 Å². The van der Waals surface area contributed by atoms with Gasteiger partial charge in [0.2, 0.25) is 0 Å². The van der Waals surface area contributed by atoms with E-state index in [1.54, 1.807) is 24.2 Å². The lowest BCUT2D eigenvalue weighted by molar-refractivity contribution is -0.143. The quantitative estimate of drug-likeness (QED) is 0.519. The molecular formula is C21H17ClN4O2S. The normalized spacial score (nSPS) is 19.4. The molecule has 3 aromatic heterocycles. The summed E-state index contributed by atoms with van der Waals surface area (Å²) in [7, 11) is 1.71. The van der Waals surface area contributed by atoms with E-state index in [1.165, 1.54) is 11.3 Å². The topological polar surface area (TPSA) is 82.1 Å².